The van der Waals surface area contributed by atoms with Gasteiger partial charge < -0.3 is 4.74 Å². The third kappa shape index (κ3) is 6.85. The summed E-state index contributed by atoms with van der Waals surface area (Å²) in [6.07, 6.45) is 12.5. The minimum Gasteiger partial charge on any atom is -0.494 e. The van der Waals surface area contributed by atoms with Crippen molar-refractivity contribution in [3.05, 3.63) is 88.7 Å². The van der Waals surface area contributed by atoms with Crippen molar-refractivity contribution in [2.45, 2.75) is 71.1 Å². The monoisotopic (exact) mass is 506 g/mol. The maximum absolute atomic E-state index is 15.0. The fourth-order valence-electron chi connectivity index (χ4n) is 5.41. The Morgan fingerprint density at radius 1 is 0.811 bits per heavy atom. The molecule has 0 N–H and O–H groups in total. The van der Waals surface area contributed by atoms with E-state index >= 15 is 4.39 Å². The Bertz CT molecular complexity index is 1190. The van der Waals surface area contributed by atoms with Crippen LogP contribution in [-0.2, 0) is 0 Å². The quantitative estimate of drug-likeness (QED) is 0.196. The Hall–Kier alpha value is -3.01. The molecule has 0 spiro atoms. The molecule has 4 rings (SSSR count). The standard InChI is InChI=1S/C33H37F3O/c1-3-5-6-7-23-8-15-26(16-9-23)30-20-18-27(32(35)33(30)36)17-12-24-10-13-25(14-11-24)29-21-19-28(37-4-2)22-31(29)34/h10-14,17-23,26H,3-9,15-16H2,1-2H3/b17-12+. The first-order valence-electron chi connectivity index (χ1n) is 13.7. The van der Waals surface area contributed by atoms with Crippen LogP contribution in [0, 0.1) is 23.4 Å². The fraction of sp³-hybridized carbons (Fsp3) is 0.394. The zero-order valence-electron chi connectivity index (χ0n) is 21.9. The molecule has 0 bridgehead atoms. The van der Waals surface area contributed by atoms with Crippen LogP contribution in [0.4, 0.5) is 13.2 Å². The van der Waals surface area contributed by atoms with Crippen molar-refractivity contribution in [2.75, 3.05) is 6.61 Å². The van der Waals surface area contributed by atoms with E-state index in [0.29, 0.717) is 23.5 Å². The van der Waals surface area contributed by atoms with Gasteiger partial charge in [-0.05, 0) is 73.3 Å². The van der Waals surface area contributed by atoms with E-state index in [9.17, 15) is 8.78 Å². The Morgan fingerprint density at radius 3 is 2.24 bits per heavy atom. The van der Waals surface area contributed by atoms with Crippen LogP contribution in [0.5, 0.6) is 5.75 Å². The lowest BCUT2D eigenvalue weighted by molar-refractivity contribution is 0.298. The summed E-state index contributed by atoms with van der Waals surface area (Å²) in [5.74, 6) is -0.513. The molecule has 0 saturated heterocycles. The number of halogens is 3. The number of ether oxygens (including phenoxy) is 1. The normalized spacial score (nSPS) is 17.9. The van der Waals surface area contributed by atoms with Gasteiger partial charge in [0.1, 0.15) is 11.6 Å². The van der Waals surface area contributed by atoms with Crippen molar-refractivity contribution >= 4 is 12.2 Å². The van der Waals surface area contributed by atoms with E-state index in [2.05, 4.69) is 6.92 Å². The van der Waals surface area contributed by atoms with Crippen molar-refractivity contribution < 1.29 is 17.9 Å². The van der Waals surface area contributed by atoms with Crippen LogP contribution < -0.4 is 4.74 Å². The maximum atomic E-state index is 15.0. The van der Waals surface area contributed by atoms with Crippen molar-refractivity contribution in [3.8, 4) is 16.9 Å². The average Bonchev–Trinajstić information content (AvgIpc) is 2.91. The Balaban J connectivity index is 1.40. The van der Waals surface area contributed by atoms with E-state index in [1.165, 1.54) is 31.7 Å². The fourth-order valence-corrected chi connectivity index (χ4v) is 5.41. The van der Waals surface area contributed by atoms with Gasteiger partial charge in [-0.2, -0.15) is 0 Å². The van der Waals surface area contributed by atoms with Crippen LogP contribution in [0.15, 0.2) is 54.6 Å². The minimum atomic E-state index is -0.785. The number of benzene rings is 3. The summed E-state index contributed by atoms with van der Waals surface area (Å²) in [4.78, 5) is 0. The first-order valence-corrected chi connectivity index (χ1v) is 13.7. The second-order valence-electron chi connectivity index (χ2n) is 10.1. The van der Waals surface area contributed by atoms with Crippen LogP contribution >= 0.6 is 0 Å². The largest absolute Gasteiger partial charge is 0.494 e. The highest BCUT2D eigenvalue weighted by molar-refractivity contribution is 5.73. The van der Waals surface area contributed by atoms with Crippen LogP contribution in [0.25, 0.3) is 23.3 Å². The first-order chi connectivity index (χ1) is 18.0. The molecule has 3 aromatic carbocycles. The number of hydrogen-bond acceptors (Lipinski definition) is 1. The summed E-state index contributed by atoms with van der Waals surface area (Å²) in [7, 11) is 0. The van der Waals surface area contributed by atoms with Gasteiger partial charge in [-0.1, -0.05) is 81.2 Å². The zero-order valence-corrected chi connectivity index (χ0v) is 21.9. The molecule has 4 heteroatoms. The molecule has 1 nitrogen and oxygen atoms in total. The topological polar surface area (TPSA) is 9.23 Å². The molecule has 0 aromatic heterocycles. The molecule has 0 unspecified atom stereocenters. The van der Waals surface area contributed by atoms with Crippen LogP contribution in [0.3, 0.4) is 0 Å². The zero-order chi connectivity index (χ0) is 26.2. The molecular formula is C33H37F3O. The van der Waals surface area contributed by atoms with E-state index < -0.39 is 11.6 Å². The van der Waals surface area contributed by atoms with Crippen molar-refractivity contribution in [1.29, 1.82) is 0 Å². The molecule has 0 amide bonds. The molecule has 196 valence electrons. The molecule has 1 saturated carbocycles. The van der Waals surface area contributed by atoms with Crippen LogP contribution in [-0.4, -0.2) is 6.61 Å². The lowest BCUT2D eigenvalue weighted by Crippen LogP contribution is -2.15. The summed E-state index contributed by atoms with van der Waals surface area (Å²) in [5.41, 5.74) is 2.79. The van der Waals surface area contributed by atoms with Crippen molar-refractivity contribution in [1.82, 2.24) is 0 Å². The molecule has 1 fully saturated rings. The molecule has 3 aromatic rings. The van der Waals surface area contributed by atoms with E-state index in [0.717, 1.165) is 42.7 Å². The molecule has 1 aliphatic rings. The summed E-state index contributed by atoms with van der Waals surface area (Å²) < 4.78 is 49.8. The summed E-state index contributed by atoms with van der Waals surface area (Å²) in [5, 5.41) is 0. The predicted molar refractivity (Wildman–Crippen MR) is 147 cm³/mol. The maximum Gasteiger partial charge on any atom is 0.166 e. The predicted octanol–water partition coefficient (Wildman–Crippen LogP) is 10.2. The first kappa shape index (κ1) is 27.0. The highest BCUT2D eigenvalue weighted by Gasteiger charge is 2.25. The highest BCUT2D eigenvalue weighted by Crippen LogP contribution is 2.39. The molecule has 0 heterocycles. The van der Waals surface area contributed by atoms with Crippen molar-refractivity contribution in [3.63, 3.8) is 0 Å². The van der Waals surface area contributed by atoms with Gasteiger partial charge in [-0.15, -0.1) is 0 Å². The Labute approximate surface area is 219 Å². The van der Waals surface area contributed by atoms with Gasteiger partial charge in [0.25, 0.3) is 0 Å². The van der Waals surface area contributed by atoms with Gasteiger partial charge in [-0.3, -0.25) is 0 Å². The number of rotatable bonds is 10. The molecular weight excluding hydrogens is 469 g/mol. The third-order valence-electron chi connectivity index (χ3n) is 7.57. The molecule has 0 radical (unpaired) electrons. The SMILES string of the molecule is CCCCCC1CCC(c2ccc(/C=C/c3ccc(-c4ccc(OCC)cc4F)cc3)c(F)c2F)CC1. The van der Waals surface area contributed by atoms with E-state index in [4.69, 9.17) is 4.74 Å². The average molecular weight is 507 g/mol. The lowest BCUT2D eigenvalue weighted by Gasteiger charge is -2.29. The highest BCUT2D eigenvalue weighted by atomic mass is 19.2. The van der Waals surface area contributed by atoms with Gasteiger partial charge in [0, 0.05) is 17.2 Å². The molecule has 0 aliphatic heterocycles. The van der Waals surface area contributed by atoms with Gasteiger partial charge in [0.15, 0.2) is 11.6 Å². The Morgan fingerprint density at radius 2 is 1.57 bits per heavy atom. The minimum absolute atomic E-state index is 0.102. The smallest absolute Gasteiger partial charge is 0.166 e. The summed E-state index contributed by atoms with van der Waals surface area (Å²) in [6.45, 7) is 4.55. The number of unbranched alkanes of at least 4 members (excludes halogenated alkanes) is 2. The van der Waals surface area contributed by atoms with Gasteiger partial charge in [0.2, 0.25) is 0 Å². The summed E-state index contributed by atoms with van der Waals surface area (Å²) in [6, 6.07) is 15.6. The van der Waals surface area contributed by atoms with Gasteiger partial charge >= 0.3 is 0 Å². The van der Waals surface area contributed by atoms with Crippen LogP contribution in [0.2, 0.25) is 0 Å². The van der Waals surface area contributed by atoms with Crippen LogP contribution in [0.1, 0.15) is 87.8 Å². The Kier molecular flexibility index (Phi) is 9.49. The second kappa shape index (κ2) is 13.0. The molecule has 1 aliphatic carbocycles. The second-order valence-corrected chi connectivity index (χ2v) is 10.1. The molecule has 0 atom stereocenters. The number of hydrogen-bond donors (Lipinski definition) is 0. The lowest BCUT2D eigenvalue weighted by atomic mass is 9.76. The molecule has 37 heavy (non-hydrogen) atoms. The van der Waals surface area contributed by atoms with Crippen molar-refractivity contribution in [2.24, 2.45) is 5.92 Å². The van der Waals surface area contributed by atoms with Gasteiger partial charge in [-0.25, -0.2) is 13.2 Å². The third-order valence-corrected chi connectivity index (χ3v) is 7.57. The van der Waals surface area contributed by atoms with E-state index in [1.54, 1.807) is 36.4 Å². The summed E-state index contributed by atoms with van der Waals surface area (Å²) >= 11 is 0. The van der Waals surface area contributed by atoms with Gasteiger partial charge in [0.05, 0.1) is 6.61 Å². The van der Waals surface area contributed by atoms with E-state index in [-0.39, 0.29) is 17.3 Å². The van der Waals surface area contributed by atoms with E-state index in [1.807, 2.05) is 31.2 Å².